The summed E-state index contributed by atoms with van der Waals surface area (Å²) in [6.45, 7) is 4.27. The van der Waals surface area contributed by atoms with Crippen molar-refractivity contribution in [3.05, 3.63) is 41.0 Å². The molecule has 0 fully saturated rings. The molecule has 0 spiro atoms. The van der Waals surface area contributed by atoms with Gasteiger partial charge in [0.1, 0.15) is 16.2 Å². The summed E-state index contributed by atoms with van der Waals surface area (Å²) in [6.07, 6.45) is 3.77. The Morgan fingerprint density at radius 3 is 2.68 bits per heavy atom. The highest BCUT2D eigenvalue weighted by atomic mass is 32.2. The average molecular weight is 372 g/mol. The maximum Gasteiger partial charge on any atom is 0.217 e. The first kappa shape index (κ1) is 17.9. The van der Waals surface area contributed by atoms with Crippen molar-refractivity contribution in [1.29, 1.82) is 0 Å². The number of amides is 1. The minimum absolute atomic E-state index is 0.252. The molecule has 0 radical (unpaired) electrons. The predicted octanol–water partition coefficient (Wildman–Crippen LogP) is 4.59. The lowest BCUT2D eigenvalue weighted by Gasteiger charge is -2.07. The lowest BCUT2D eigenvalue weighted by atomic mass is 10.0. The van der Waals surface area contributed by atoms with Crippen molar-refractivity contribution >= 4 is 39.2 Å². The molecule has 1 aromatic carbocycles. The number of thioether (sulfide) groups is 1. The number of aryl methyl sites for hydroxylation is 2. The predicted molar refractivity (Wildman–Crippen MR) is 106 cm³/mol. The molecule has 0 bridgehead atoms. The van der Waals surface area contributed by atoms with Gasteiger partial charge in [0, 0.05) is 22.6 Å². The Kier molecular flexibility index (Phi) is 5.71. The zero-order valence-corrected chi connectivity index (χ0v) is 16.0. The molecule has 2 heterocycles. The van der Waals surface area contributed by atoms with Gasteiger partial charge in [-0.25, -0.2) is 9.97 Å². The molecular weight excluding hydrogens is 350 g/mol. The smallest absolute Gasteiger partial charge is 0.217 e. The van der Waals surface area contributed by atoms with E-state index in [4.69, 9.17) is 5.73 Å². The molecule has 2 aromatic heterocycles. The molecular formula is C19H21N3OS2. The molecule has 0 aliphatic heterocycles. The molecule has 3 rings (SSSR count). The Bertz CT molecular complexity index is 888. The van der Waals surface area contributed by atoms with E-state index in [0.717, 1.165) is 33.8 Å². The van der Waals surface area contributed by atoms with Crippen LogP contribution in [0.5, 0.6) is 0 Å². The van der Waals surface area contributed by atoms with Crippen molar-refractivity contribution in [1.82, 2.24) is 9.97 Å². The first-order valence-corrected chi connectivity index (χ1v) is 10.1. The van der Waals surface area contributed by atoms with Crippen LogP contribution in [-0.4, -0.2) is 21.6 Å². The topological polar surface area (TPSA) is 68.9 Å². The molecule has 130 valence electrons. The lowest BCUT2D eigenvalue weighted by Crippen LogP contribution is -2.10. The van der Waals surface area contributed by atoms with Crippen LogP contribution in [0.2, 0.25) is 0 Å². The quantitative estimate of drug-likeness (QED) is 0.375. The first-order chi connectivity index (χ1) is 12.1. The van der Waals surface area contributed by atoms with E-state index in [2.05, 4.69) is 48.1 Å². The van der Waals surface area contributed by atoms with Crippen molar-refractivity contribution < 1.29 is 4.79 Å². The number of hydrogen-bond acceptors (Lipinski definition) is 5. The Balaban J connectivity index is 2.02. The summed E-state index contributed by atoms with van der Waals surface area (Å²) in [5, 5.41) is 2.12. The van der Waals surface area contributed by atoms with Crippen LogP contribution in [0.4, 0.5) is 0 Å². The molecule has 0 atom stereocenters. The lowest BCUT2D eigenvalue weighted by molar-refractivity contribution is -0.118. The third kappa shape index (κ3) is 4.02. The number of benzene rings is 1. The summed E-state index contributed by atoms with van der Waals surface area (Å²) in [5.41, 5.74) is 8.93. The maximum atomic E-state index is 10.9. The summed E-state index contributed by atoms with van der Waals surface area (Å²) < 4.78 is 0. The van der Waals surface area contributed by atoms with Gasteiger partial charge in [0.25, 0.3) is 0 Å². The molecule has 0 saturated heterocycles. The van der Waals surface area contributed by atoms with Crippen molar-refractivity contribution in [2.45, 2.75) is 38.1 Å². The van der Waals surface area contributed by atoms with E-state index in [-0.39, 0.29) is 5.91 Å². The number of aromatic nitrogens is 2. The fraction of sp³-hybridized carbons (Fsp3) is 0.316. The molecule has 0 aliphatic rings. The van der Waals surface area contributed by atoms with Gasteiger partial charge in [-0.1, -0.05) is 36.8 Å². The SMILES string of the molecule is CCc1sc2ncnc(SCCCC(N)=O)c2c1-c1ccc(C)cc1. The maximum absolute atomic E-state index is 10.9. The second kappa shape index (κ2) is 7.97. The summed E-state index contributed by atoms with van der Waals surface area (Å²) >= 11 is 3.42. The zero-order chi connectivity index (χ0) is 17.8. The molecule has 2 N–H and O–H groups in total. The van der Waals surface area contributed by atoms with E-state index >= 15 is 0 Å². The van der Waals surface area contributed by atoms with Crippen molar-refractivity contribution in [3.63, 3.8) is 0 Å². The van der Waals surface area contributed by atoms with Crippen molar-refractivity contribution in [3.8, 4) is 11.1 Å². The van der Waals surface area contributed by atoms with Gasteiger partial charge in [0.15, 0.2) is 0 Å². The van der Waals surface area contributed by atoms with Crippen LogP contribution in [-0.2, 0) is 11.2 Å². The number of thiophene rings is 1. The molecule has 0 unspecified atom stereocenters. The summed E-state index contributed by atoms with van der Waals surface area (Å²) in [5.74, 6) is 0.567. The number of carbonyl (C=O) groups excluding carboxylic acids is 1. The number of nitrogens with two attached hydrogens (primary N) is 1. The molecule has 0 saturated carbocycles. The standard InChI is InChI=1S/C19H21N3OS2/c1-3-14-16(13-8-6-12(2)7-9-13)17-18(21-11-22-19(17)25-14)24-10-4-5-15(20)23/h6-9,11H,3-5,10H2,1-2H3,(H2,20,23). The highest BCUT2D eigenvalue weighted by Gasteiger charge is 2.18. The van der Waals surface area contributed by atoms with Crippen LogP contribution in [0.1, 0.15) is 30.2 Å². The van der Waals surface area contributed by atoms with E-state index < -0.39 is 0 Å². The fourth-order valence-electron chi connectivity index (χ4n) is 2.75. The van der Waals surface area contributed by atoms with Gasteiger partial charge in [-0.05, 0) is 25.3 Å². The highest BCUT2D eigenvalue weighted by molar-refractivity contribution is 7.99. The summed E-state index contributed by atoms with van der Waals surface area (Å²) in [7, 11) is 0. The second-order valence-electron chi connectivity index (χ2n) is 5.90. The van der Waals surface area contributed by atoms with Gasteiger partial charge >= 0.3 is 0 Å². The highest BCUT2D eigenvalue weighted by Crippen LogP contribution is 2.42. The molecule has 25 heavy (non-hydrogen) atoms. The normalized spacial score (nSPS) is 11.1. The van der Waals surface area contributed by atoms with Crippen molar-refractivity contribution in [2.24, 2.45) is 5.73 Å². The monoisotopic (exact) mass is 371 g/mol. The van der Waals surface area contributed by atoms with E-state index in [1.807, 2.05) is 0 Å². The van der Waals surface area contributed by atoms with E-state index in [1.54, 1.807) is 29.4 Å². The summed E-state index contributed by atoms with van der Waals surface area (Å²) in [6, 6.07) is 8.62. The Morgan fingerprint density at radius 1 is 1.24 bits per heavy atom. The van der Waals surface area contributed by atoms with Crippen LogP contribution in [0.3, 0.4) is 0 Å². The van der Waals surface area contributed by atoms with Gasteiger partial charge < -0.3 is 5.73 Å². The molecule has 6 heteroatoms. The number of carbonyl (C=O) groups is 1. The molecule has 3 aromatic rings. The molecule has 1 amide bonds. The van der Waals surface area contributed by atoms with E-state index in [1.165, 1.54) is 21.6 Å². The number of fused-ring (bicyclic) bond motifs is 1. The molecule has 0 aliphatic carbocycles. The largest absolute Gasteiger partial charge is 0.370 e. The van der Waals surface area contributed by atoms with Crippen molar-refractivity contribution in [2.75, 3.05) is 5.75 Å². The summed E-state index contributed by atoms with van der Waals surface area (Å²) in [4.78, 5) is 22.3. The fourth-order valence-corrected chi connectivity index (χ4v) is 4.86. The van der Waals surface area contributed by atoms with Crippen LogP contribution < -0.4 is 5.73 Å². The van der Waals surface area contributed by atoms with E-state index in [9.17, 15) is 4.79 Å². The van der Waals surface area contributed by atoms with Gasteiger partial charge in [0.05, 0.1) is 5.39 Å². The zero-order valence-electron chi connectivity index (χ0n) is 14.4. The number of hydrogen-bond donors (Lipinski definition) is 1. The third-order valence-corrected chi connectivity index (χ3v) is 6.31. The molecule has 4 nitrogen and oxygen atoms in total. The van der Waals surface area contributed by atoms with Gasteiger partial charge in [-0.3, -0.25) is 4.79 Å². The third-order valence-electron chi connectivity index (χ3n) is 3.99. The number of rotatable bonds is 7. The van der Waals surface area contributed by atoms with Crippen LogP contribution >= 0.6 is 23.1 Å². The average Bonchev–Trinajstić information content (AvgIpc) is 2.98. The second-order valence-corrected chi connectivity index (χ2v) is 8.06. The van der Waals surface area contributed by atoms with Crippen LogP contribution in [0.25, 0.3) is 21.3 Å². The van der Waals surface area contributed by atoms with Crippen LogP contribution in [0.15, 0.2) is 35.6 Å². The Labute approximate surface area is 155 Å². The van der Waals surface area contributed by atoms with Gasteiger partial charge in [-0.2, -0.15) is 0 Å². The number of nitrogens with zero attached hydrogens (tertiary/aromatic N) is 2. The van der Waals surface area contributed by atoms with Crippen LogP contribution in [0, 0.1) is 6.92 Å². The first-order valence-electron chi connectivity index (χ1n) is 8.34. The minimum Gasteiger partial charge on any atom is -0.370 e. The Hall–Kier alpha value is -1.92. The number of primary amides is 1. The minimum atomic E-state index is -0.252. The van der Waals surface area contributed by atoms with E-state index in [0.29, 0.717) is 6.42 Å². The van der Waals surface area contributed by atoms with Gasteiger partial charge in [-0.15, -0.1) is 23.1 Å². The Morgan fingerprint density at radius 2 is 2.00 bits per heavy atom. The van der Waals surface area contributed by atoms with Gasteiger partial charge in [0.2, 0.25) is 5.91 Å².